The summed E-state index contributed by atoms with van der Waals surface area (Å²) in [5, 5.41) is 0. The van der Waals surface area contributed by atoms with E-state index in [9.17, 15) is 0 Å². The number of hydrogen-bond acceptors (Lipinski definition) is 4. The van der Waals surface area contributed by atoms with Gasteiger partial charge in [-0.1, -0.05) is 0 Å². The molecule has 0 spiro atoms. The van der Waals surface area contributed by atoms with Crippen LogP contribution in [0.4, 0.5) is 5.69 Å². The summed E-state index contributed by atoms with van der Waals surface area (Å²) in [5.74, 6) is 0.628. The highest BCUT2D eigenvalue weighted by molar-refractivity contribution is 5.54. The SMILES string of the molecule is COCC1CCCN(c2cc(C)ncc2CN)C1. The quantitative estimate of drug-likeness (QED) is 0.882. The van der Waals surface area contributed by atoms with Crippen molar-refractivity contribution in [1.82, 2.24) is 4.98 Å². The molecule has 2 N–H and O–H groups in total. The number of methoxy groups -OCH3 is 1. The van der Waals surface area contributed by atoms with E-state index >= 15 is 0 Å². The zero-order valence-electron chi connectivity index (χ0n) is 11.4. The lowest BCUT2D eigenvalue weighted by atomic mass is 9.98. The number of rotatable bonds is 4. The molecule has 1 aliphatic heterocycles. The maximum absolute atomic E-state index is 5.81. The molecule has 2 rings (SSSR count). The van der Waals surface area contributed by atoms with Gasteiger partial charge >= 0.3 is 0 Å². The summed E-state index contributed by atoms with van der Waals surface area (Å²) in [6.45, 7) is 5.59. The van der Waals surface area contributed by atoms with Crippen molar-refractivity contribution in [2.45, 2.75) is 26.3 Å². The van der Waals surface area contributed by atoms with E-state index in [-0.39, 0.29) is 0 Å². The third-order valence-corrected chi connectivity index (χ3v) is 3.58. The topological polar surface area (TPSA) is 51.4 Å². The number of pyridine rings is 1. The standard InChI is InChI=1S/C14H23N3O/c1-11-6-14(13(7-15)8-16-11)17-5-3-4-12(9-17)10-18-2/h6,8,12H,3-5,7,9-10,15H2,1-2H3. The van der Waals surface area contributed by atoms with Crippen molar-refractivity contribution in [3.8, 4) is 0 Å². The van der Waals surface area contributed by atoms with Crippen LogP contribution < -0.4 is 10.6 Å². The average molecular weight is 249 g/mol. The van der Waals surface area contributed by atoms with Crippen molar-refractivity contribution in [2.75, 3.05) is 31.7 Å². The van der Waals surface area contributed by atoms with Crippen LogP contribution in [0.15, 0.2) is 12.3 Å². The molecule has 0 aliphatic carbocycles. The van der Waals surface area contributed by atoms with Gasteiger partial charge < -0.3 is 15.4 Å². The minimum atomic E-state index is 0.550. The van der Waals surface area contributed by atoms with E-state index in [4.69, 9.17) is 10.5 Å². The normalized spacial score (nSPS) is 20.2. The molecule has 0 bridgehead atoms. The number of aromatic nitrogens is 1. The largest absolute Gasteiger partial charge is 0.384 e. The van der Waals surface area contributed by atoms with Gasteiger partial charge in [0.15, 0.2) is 0 Å². The van der Waals surface area contributed by atoms with E-state index < -0.39 is 0 Å². The Morgan fingerprint density at radius 2 is 2.39 bits per heavy atom. The molecule has 0 saturated carbocycles. The third kappa shape index (κ3) is 3.00. The fraction of sp³-hybridized carbons (Fsp3) is 0.643. The molecule has 1 fully saturated rings. The maximum Gasteiger partial charge on any atom is 0.0507 e. The molecule has 100 valence electrons. The molecule has 4 nitrogen and oxygen atoms in total. The van der Waals surface area contributed by atoms with Crippen LogP contribution in [0.3, 0.4) is 0 Å². The van der Waals surface area contributed by atoms with E-state index in [0.29, 0.717) is 12.5 Å². The van der Waals surface area contributed by atoms with Crippen LogP contribution in [0.5, 0.6) is 0 Å². The Hall–Kier alpha value is -1.13. The van der Waals surface area contributed by atoms with E-state index in [0.717, 1.165) is 31.0 Å². The van der Waals surface area contributed by atoms with Crippen LogP contribution in [0.2, 0.25) is 0 Å². The molecular weight excluding hydrogens is 226 g/mol. The van der Waals surface area contributed by atoms with Gasteiger partial charge in [0.2, 0.25) is 0 Å². The fourth-order valence-corrected chi connectivity index (χ4v) is 2.68. The number of nitrogens with two attached hydrogens (primary N) is 1. The Balaban J connectivity index is 2.17. The summed E-state index contributed by atoms with van der Waals surface area (Å²) < 4.78 is 5.28. The Kier molecular flexibility index (Phi) is 4.55. The Morgan fingerprint density at radius 3 is 3.11 bits per heavy atom. The first-order chi connectivity index (χ1) is 8.74. The van der Waals surface area contributed by atoms with Gasteiger partial charge in [0.05, 0.1) is 6.61 Å². The monoisotopic (exact) mass is 249 g/mol. The molecule has 1 atom stereocenters. The van der Waals surface area contributed by atoms with Gasteiger partial charge in [0.1, 0.15) is 0 Å². The molecule has 0 aromatic carbocycles. The average Bonchev–Trinajstić information content (AvgIpc) is 2.39. The van der Waals surface area contributed by atoms with Gasteiger partial charge in [-0.15, -0.1) is 0 Å². The second kappa shape index (κ2) is 6.16. The molecule has 1 aromatic rings. The molecule has 0 amide bonds. The highest BCUT2D eigenvalue weighted by Crippen LogP contribution is 2.26. The van der Waals surface area contributed by atoms with Crippen molar-refractivity contribution in [1.29, 1.82) is 0 Å². The minimum absolute atomic E-state index is 0.550. The Morgan fingerprint density at radius 1 is 1.56 bits per heavy atom. The predicted octanol–water partition coefficient (Wildman–Crippen LogP) is 1.71. The summed E-state index contributed by atoms with van der Waals surface area (Å²) in [6.07, 6.45) is 4.39. The highest BCUT2D eigenvalue weighted by Gasteiger charge is 2.21. The Bertz CT molecular complexity index is 393. The summed E-state index contributed by atoms with van der Waals surface area (Å²) in [5.41, 5.74) is 9.25. The van der Waals surface area contributed by atoms with Crippen LogP contribution in [-0.2, 0) is 11.3 Å². The van der Waals surface area contributed by atoms with Gasteiger partial charge in [-0.2, -0.15) is 0 Å². The zero-order valence-corrected chi connectivity index (χ0v) is 11.4. The van der Waals surface area contributed by atoms with Gasteiger partial charge in [0.25, 0.3) is 0 Å². The second-order valence-electron chi connectivity index (χ2n) is 5.07. The van der Waals surface area contributed by atoms with Gasteiger partial charge in [-0.05, 0) is 31.7 Å². The van der Waals surface area contributed by atoms with Gasteiger partial charge in [-0.25, -0.2) is 0 Å². The molecule has 4 heteroatoms. The number of hydrogen-bond donors (Lipinski definition) is 1. The lowest BCUT2D eigenvalue weighted by molar-refractivity contribution is 0.143. The predicted molar refractivity (Wildman–Crippen MR) is 73.7 cm³/mol. The molecule has 18 heavy (non-hydrogen) atoms. The second-order valence-corrected chi connectivity index (χ2v) is 5.07. The first-order valence-corrected chi connectivity index (χ1v) is 6.64. The van der Waals surface area contributed by atoms with Gasteiger partial charge in [-0.3, -0.25) is 4.98 Å². The number of piperidine rings is 1. The number of aryl methyl sites for hydroxylation is 1. The number of ether oxygens (including phenoxy) is 1. The number of nitrogens with zero attached hydrogens (tertiary/aromatic N) is 2. The van der Waals surface area contributed by atoms with E-state index in [1.807, 2.05) is 13.1 Å². The van der Waals surface area contributed by atoms with Crippen LogP contribution in [0.25, 0.3) is 0 Å². The lowest BCUT2D eigenvalue weighted by Gasteiger charge is -2.35. The Labute approximate surface area is 109 Å². The highest BCUT2D eigenvalue weighted by atomic mass is 16.5. The van der Waals surface area contributed by atoms with Crippen LogP contribution in [0.1, 0.15) is 24.1 Å². The molecule has 1 aromatic heterocycles. The van der Waals surface area contributed by atoms with E-state index in [1.165, 1.54) is 18.5 Å². The number of anilines is 1. The summed E-state index contributed by atoms with van der Waals surface area (Å²) >= 11 is 0. The van der Waals surface area contributed by atoms with Crippen molar-refractivity contribution in [3.05, 3.63) is 23.5 Å². The van der Waals surface area contributed by atoms with Crippen molar-refractivity contribution in [2.24, 2.45) is 11.7 Å². The maximum atomic E-state index is 5.81. The van der Waals surface area contributed by atoms with E-state index in [2.05, 4.69) is 16.0 Å². The fourth-order valence-electron chi connectivity index (χ4n) is 2.68. The first-order valence-electron chi connectivity index (χ1n) is 6.64. The molecular formula is C14H23N3O. The van der Waals surface area contributed by atoms with Crippen molar-refractivity contribution in [3.63, 3.8) is 0 Å². The third-order valence-electron chi connectivity index (χ3n) is 3.58. The van der Waals surface area contributed by atoms with Crippen molar-refractivity contribution >= 4 is 5.69 Å². The van der Waals surface area contributed by atoms with Crippen molar-refractivity contribution < 1.29 is 4.74 Å². The molecule has 2 heterocycles. The zero-order chi connectivity index (χ0) is 13.0. The van der Waals surface area contributed by atoms with Gasteiger partial charge in [0, 0.05) is 49.9 Å². The minimum Gasteiger partial charge on any atom is -0.384 e. The van der Waals surface area contributed by atoms with Crippen LogP contribution in [-0.4, -0.2) is 31.8 Å². The van der Waals surface area contributed by atoms with Crippen LogP contribution >= 0.6 is 0 Å². The molecule has 0 radical (unpaired) electrons. The smallest absolute Gasteiger partial charge is 0.0507 e. The summed E-state index contributed by atoms with van der Waals surface area (Å²) in [4.78, 5) is 6.76. The summed E-state index contributed by atoms with van der Waals surface area (Å²) in [6, 6.07) is 2.15. The summed E-state index contributed by atoms with van der Waals surface area (Å²) in [7, 11) is 1.78. The first kappa shape index (κ1) is 13.3. The van der Waals surface area contributed by atoms with Crippen LogP contribution in [0, 0.1) is 12.8 Å². The lowest BCUT2D eigenvalue weighted by Crippen LogP contribution is -2.37. The molecule has 1 unspecified atom stereocenters. The molecule has 1 saturated heterocycles. The molecule has 1 aliphatic rings. The van der Waals surface area contributed by atoms with E-state index in [1.54, 1.807) is 7.11 Å².